The van der Waals surface area contributed by atoms with Crippen LogP contribution < -0.4 is 10.6 Å². The molecule has 1 aromatic rings. The smallest absolute Gasteiger partial charge is 0.236 e. The first-order valence-electron chi connectivity index (χ1n) is 6.81. The van der Waals surface area contributed by atoms with E-state index in [-0.39, 0.29) is 11.9 Å². The Balaban J connectivity index is 1.91. The molecule has 1 aliphatic rings. The van der Waals surface area contributed by atoms with Crippen molar-refractivity contribution < 1.29 is 4.79 Å². The lowest BCUT2D eigenvalue weighted by Gasteiger charge is -2.15. The Morgan fingerprint density at radius 2 is 2.11 bits per heavy atom. The Hall–Kier alpha value is -1.35. The van der Waals surface area contributed by atoms with E-state index in [0.29, 0.717) is 6.54 Å². The minimum Gasteiger partial charge on any atom is -0.355 e. The number of rotatable bonds is 6. The maximum absolute atomic E-state index is 11.6. The molecule has 1 fully saturated rings. The van der Waals surface area contributed by atoms with Crippen LogP contribution in [0.15, 0.2) is 24.3 Å². The number of amides is 1. The van der Waals surface area contributed by atoms with Gasteiger partial charge in [0.1, 0.15) is 0 Å². The van der Waals surface area contributed by atoms with Crippen LogP contribution in [-0.4, -0.2) is 18.5 Å². The van der Waals surface area contributed by atoms with Crippen molar-refractivity contribution in [2.75, 3.05) is 6.54 Å². The lowest BCUT2D eigenvalue weighted by atomic mass is 10.0. The highest BCUT2D eigenvalue weighted by atomic mass is 16.2. The summed E-state index contributed by atoms with van der Waals surface area (Å²) in [5.41, 5.74) is 2.78. The van der Waals surface area contributed by atoms with E-state index >= 15 is 0 Å². The minimum absolute atomic E-state index is 0.0707. The topological polar surface area (TPSA) is 41.1 Å². The molecule has 2 rings (SSSR count). The Morgan fingerprint density at radius 1 is 1.39 bits per heavy atom. The zero-order valence-electron chi connectivity index (χ0n) is 11.2. The van der Waals surface area contributed by atoms with Crippen molar-refractivity contribution in [3.8, 4) is 0 Å². The highest BCUT2D eigenvalue weighted by Gasteiger charge is 2.25. The molecule has 18 heavy (non-hydrogen) atoms. The third kappa shape index (κ3) is 3.33. The Morgan fingerprint density at radius 3 is 2.78 bits per heavy atom. The first kappa shape index (κ1) is 13.1. The Kier molecular flexibility index (Phi) is 4.37. The van der Waals surface area contributed by atoms with E-state index in [2.05, 4.69) is 34.9 Å². The van der Waals surface area contributed by atoms with Crippen LogP contribution in [0.3, 0.4) is 0 Å². The van der Waals surface area contributed by atoms with Gasteiger partial charge in [0.15, 0.2) is 0 Å². The van der Waals surface area contributed by atoms with Crippen LogP contribution in [0, 0.1) is 0 Å². The Bertz CT molecular complexity index is 413. The van der Waals surface area contributed by atoms with Gasteiger partial charge in [0.25, 0.3) is 0 Å². The second kappa shape index (κ2) is 6.01. The fourth-order valence-electron chi connectivity index (χ4n) is 2.17. The van der Waals surface area contributed by atoms with Gasteiger partial charge in [0.05, 0.1) is 6.04 Å². The van der Waals surface area contributed by atoms with E-state index in [9.17, 15) is 4.79 Å². The van der Waals surface area contributed by atoms with Crippen molar-refractivity contribution in [2.24, 2.45) is 0 Å². The molecular formula is C15H22N2O. The number of benzene rings is 1. The number of carbonyl (C=O) groups is 1. The molecule has 0 saturated heterocycles. The van der Waals surface area contributed by atoms with E-state index in [1.54, 1.807) is 0 Å². The molecule has 1 saturated carbocycles. The minimum atomic E-state index is -0.141. The molecule has 0 spiro atoms. The first-order valence-corrected chi connectivity index (χ1v) is 6.81. The van der Waals surface area contributed by atoms with Gasteiger partial charge in [-0.1, -0.05) is 24.3 Å². The van der Waals surface area contributed by atoms with Gasteiger partial charge in [0, 0.05) is 13.1 Å². The van der Waals surface area contributed by atoms with Gasteiger partial charge in [-0.3, -0.25) is 4.79 Å². The molecule has 0 aromatic heterocycles. The summed E-state index contributed by atoms with van der Waals surface area (Å²) >= 11 is 0. The summed E-state index contributed by atoms with van der Waals surface area (Å²) < 4.78 is 0. The summed E-state index contributed by atoms with van der Waals surface area (Å²) in [6.45, 7) is 5.30. The van der Waals surface area contributed by atoms with Gasteiger partial charge in [0.2, 0.25) is 5.91 Å². The average Bonchev–Trinajstić information content (AvgIpc) is 3.21. The molecule has 2 N–H and O–H groups in total. The normalized spacial score (nSPS) is 16.3. The number of likely N-dealkylation sites (N-methyl/N-ethyl adjacent to an activating group) is 1. The zero-order valence-corrected chi connectivity index (χ0v) is 11.2. The highest BCUT2D eigenvalue weighted by Crippen LogP contribution is 2.41. The quantitative estimate of drug-likeness (QED) is 0.807. The molecule has 0 radical (unpaired) electrons. The SMILES string of the molecule is CCNC(=O)C(C)NCc1ccccc1C1CC1. The number of nitrogens with one attached hydrogen (secondary N) is 2. The largest absolute Gasteiger partial charge is 0.355 e. The van der Waals surface area contributed by atoms with Crippen LogP contribution >= 0.6 is 0 Å². The fraction of sp³-hybridized carbons (Fsp3) is 0.533. The predicted molar refractivity (Wildman–Crippen MR) is 73.4 cm³/mol. The third-order valence-electron chi connectivity index (χ3n) is 3.42. The van der Waals surface area contributed by atoms with E-state index in [0.717, 1.165) is 12.5 Å². The van der Waals surface area contributed by atoms with Crippen molar-refractivity contribution in [1.29, 1.82) is 0 Å². The predicted octanol–water partition coefficient (Wildman–Crippen LogP) is 2.18. The van der Waals surface area contributed by atoms with Crippen molar-refractivity contribution >= 4 is 5.91 Å². The van der Waals surface area contributed by atoms with Crippen LogP contribution in [-0.2, 0) is 11.3 Å². The molecule has 1 unspecified atom stereocenters. The summed E-state index contributed by atoms with van der Waals surface area (Å²) in [6.07, 6.45) is 2.62. The van der Waals surface area contributed by atoms with E-state index in [1.165, 1.54) is 24.0 Å². The molecule has 0 bridgehead atoms. The molecular weight excluding hydrogens is 224 g/mol. The van der Waals surface area contributed by atoms with Gasteiger partial charge in [-0.15, -0.1) is 0 Å². The van der Waals surface area contributed by atoms with E-state index in [1.807, 2.05) is 13.8 Å². The van der Waals surface area contributed by atoms with Gasteiger partial charge < -0.3 is 10.6 Å². The Labute approximate surface area is 109 Å². The van der Waals surface area contributed by atoms with Crippen molar-refractivity contribution in [3.05, 3.63) is 35.4 Å². The molecule has 1 amide bonds. The lowest BCUT2D eigenvalue weighted by Crippen LogP contribution is -2.41. The lowest BCUT2D eigenvalue weighted by molar-refractivity contribution is -0.122. The van der Waals surface area contributed by atoms with Crippen LogP contribution in [0.4, 0.5) is 0 Å². The number of hydrogen-bond donors (Lipinski definition) is 2. The van der Waals surface area contributed by atoms with Crippen LogP contribution in [0.5, 0.6) is 0 Å². The van der Waals surface area contributed by atoms with Crippen LogP contribution in [0.25, 0.3) is 0 Å². The van der Waals surface area contributed by atoms with Gasteiger partial charge >= 0.3 is 0 Å². The summed E-state index contributed by atoms with van der Waals surface area (Å²) in [5, 5.41) is 6.12. The molecule has 3 heteroatoms. The molecule has 0 heterocycles. The summed E-state index contributed by atoms with van der Waals surface area (Å²) in [7, 11) is 0. The first-order chi connectivity index (χ1) is 8.72. The molecule has 98 valence electrons. The van der Waals surface area contributed by atoms with Gasteiger partial charge in [-0.25, -0.2) is 0 Å². The standard InChI is InChI=1S/C15H22N2O/c1-3-16-15(18)11(2)17-10-13-6-4-5-7-14(13)12-8-9-12/h4-7,11-12,17H,3,8-10H2,1-2H3,(H,16,18). The second-order valence-corrected chi connectivity index (χ2v) is 4.97. The van der Waals surface area contributed by atoms with Crippen LogP contribution in [0.1, 0.15) is 43.7 Å². The monoisotopic (exact) mass is 246 g/mol. The van der Waals surface area contributed by atoms with Crippen molar-refractivity contribution in [3.63, 3.8) is 0 Å². The van der Waals surface area contributed by atoms with E-state index in [4.69, 9.17) is 0 Å². The van der Waals surface area contributed by atoms with Crippen molar-refractivity contribution in [1.82, 2.24) is 10.6 Å². The maximum Gasteiger partial charge on any atom is 0.236 e. The third-order valence-corrected chi connectivity index (χ3v) is 3.42. The van der Waals surface area contributed by atoms with Gasteiger partial charge in [-0.2, -0.15) is 0 Å². The van der Waals surface area contributed by atoms with Crippen molar-refractivity contribution in [2.45, 2.75) is 45.2 Å². The summed E-state index contributed by atoms with van der Waals surface area (Å²) in [4.78, 5) is 11.6. The maximum atomic E-state index is 11.6. The van der Waals surface area contributed by atoms with Crippen LogP contribution in [0.2, 0.25) is 0 Å². The summed E-state index contributed by atoms with van der Waals surface area (Å²) in [6, 6.07) is 8.40. The molecule has 3 nitrogen and oxygen atoms in total. The summed E-state index contributed by atoms with van der Waals surface area (Å²) in [5.74, 6) is 0.823. The van der Waals surface area contributed by atoms with Gasteiger partial charge in [-0.05, 0) is 43.7 Å². The average molecular weight is 246 g/mol. The molecule has 0 aliphatic heterocycles. The zero-order chi connectivity index (χ0) is 13.0. The van der Waals surface area contributed by atoms with E-state index < -0.39 is 0 Å². The molecule has 1 aliphatic carbocycles. The number of hydrogen-bond acceptors (Lipinski definition) is 2. The number of carbonyl (C=O) groups excluding carboxylic acids is 1. The molecule has 1 atom stereocenters. The molecule has 1 aromatic carbocycles. The fourth-order valence-corrected chi connectivity index (χ4v) is 2.17. The highest BCUT2D eigenvalue weighted by molar-refractivity contribution is 5.81. The second-order valence-electron chi connectivity index (χ2n) is 4.97.